The summed E-state index contributed by atoms with van der Waals surface area (Å²) in [6.07, 6.45) is 0. The minimum atomic E-state index is -0.791. The van der Waals surface area contributed by atoms with Crippen LogP contribution in [-0.2, 0) is 4.79 Å². The second-order valence-corrected chi connectivity index (χ2v) is 7.49. The van der Waals surface area contributed by atoms with Crippen molar-refractivity contribution in [3.63, 3.8) is 0 Å². The maximum absolute atomic E-state index is 12.7. The normalized spacial score (nSPS) is 12.2. The molecule has 1 aromatic heterocycles. The van der Waals surface area contributed by atoms with Gasteiger partial charge in [0.25, 0.3) is 5.91 Å². The third-order valence-electron chi connectivity index (χ3n) is 4.19. The molecule has 3 aromatic rings. The van der Waals surface area contributed by atoms with Gasteiger partial charge in [0.15, 0.2) is 0 Å². The molecule has 0 aliphatic rings. The average Bonchev–Trinajstić information content (AvgIpc) is 2.98. The summed E-state index contributed by atoms with van der Waals surface area (Å²) in [5.74, 6) is -1.03. The van der Waals surface area contributed by atoms with Gasteiger partial charge in [0.1, 0.15) is 6.04 Å². The van der Waals surface area contributed by atoms with Crippen LogP contribution in [0.15, 0.2) is 41.2 Å². The van der Waals surface area contributed by atoms with E-state index in [0.29, 0.717) is 21.7 Å². The molecular weight excluding hydrogens is 403 g/mol. The number of anilines is 1. The number of aromatic amines is 2. The van der Waals surface area contributed by atoms with Crippen LogP contribution < -0.4 is 16.3 Å². The zero-order chi connectivity index (χ0) is 20.4. The van der Waals surface area contributed by atoms with Gasteiger partial charge in [-0.25, -0.2) is 4.79 Å². The molecule has 4 N–H and O–H groups in total. The summed E-state index contributed by atoms with van der Waals surface area (Å²) in [6, 6.07) is 8.72. The van der Waals surface area contributed by atoms with E-state index in [9.17, 15) is 14.4 Å². The molecule has 0 bridgehead atoms. The van der Waals surface area contributed by atoms with Crippen LogP contribution in [0.3, 0.4) is 0 Å². The van der Waals surface area contributed by atoms with Crippen molar-refractivity contribution in [1.82, 2.24) is 15.3 Å². The maximum Gasteiger partial charge on any atom is 0.323 e. The molecule has 9 heteroatoms. The molecule has 0 aliphatic heterocycles. The van der Waals surface area contributed by atoms with Crippen molar-refractivity contribution in [2.75, 3.05) is 5.32 Å². The highest BCUT2D eigenvalue weighted by molar-refractivity contribution is 6.36. The Morgan fingerprint density at radius 3 is 2.39 bits per heavy atom. The molecule has 3 rings (SSSR count). The molecule has 0 saturated heterocycles. The highest BCUT2D eigenvalue weighted by atomic mass is 35.5. The van der Waals surface area contributed by atoms with Crippen molar-refractivity contribution >= 4 is 51.7 Å². The summed E-state index contributed by atoms with van der Waals surface area (Å²) in [5.41, 5.74) is 1.61. The Bertz CT molecular complexity index is 1100. The molecule has 1 unspecified atom stereocenters. The summed E-state index contributed by atoms with van der Waals surface area (Å²) in [7, 11) is 0. The van der Waals surface area contributed by atoms with Crippen molar-refractivity contribution in [2.24, 2.45) is 5.92 Å². The van der Waals surface area contributed by atoms with Gasteiger partial charge in [-0.15, -0.1) is 0 Å². The number of aromatic nitrogens is 2. The molecule has 2 amide bonds. The fraction of sp³-hybridized carbons (Fsp3) is 0.211. The number of H-pyrrole nitrogens is 2. The number of carbonyl (C=O) groups excluding carboxylic acids is 2. The molecule has 0 radical (unpaired) electrons. The van der Waals surface area contributed by atoms with E-state index in [1.165, 1.54) is 12.1 Å². The van der Waals surface area contributed by atoms with Crippen LogP contribution in [0.1, 0.15) is 24.2 Å². The first kappa shape index (κ1) is 20.0. The first-order valence-electron chi connectivity index (χ1n) is 8.53. The van der Waals surface area contributed by atoms with Crippen molar-refractivity contribution in [2.45, 2.75) is 19.9 Å². The van der Waals surface area contributed by atoms with Gasteiger partial charge in [0, 0.05) is 10.7 Å². The van der Waals surface area contributed by atoms with Gasteiger partial charge in [-0.3, -0.25) is 9.59 Å². The summed E-state index contributed by atoms with van der Waals surface area (Å²) < 4.78 is 0. The summed E-state index contributed by atoms with van der Waals surface area (Å²) in [6.45, 7) is 3.64. The van der Waals surface area contributed by atoms with Crippen LogP contribution in [0, 0.1) is 5.92 Å². The zero-order valence-corrected chi connectivity index (χ0v) is 16.6. The number of hydrogen-bond donors (Lipinski definition) is 4. The predicted molar refractivity (Wildman–Crippen MR) is 110 cm³/mol. The third-order valence-corrected chi connectivity index (χ3v) is 4.74. The largest absolute Gasteiger partial charge is 0.340 e. The molecule has 0 saturated carbocycles. The van der Waals surface area contributed by atoms with Gasteiger partial charge in [-0.2, -0.15) is 0 Å². The Hall–Kier alpha value is -2.77. The summed E-state index contributed by atoms with van der Waals surface area (Å²) in [4.78, 5) is 41.9. The molecule has 1 heterocycles. The molecule has 7 nitrogen and oxygen atoms in total. The van der Waals surface area contributed by atoms with Gasteiger partial charge < -0.3 is 20.6 Å². The highest BCUT2D eigenvalue weighted by Crippen LogP contribution is 2.21. The quantitative estimate of drug-likeness (QED) is 0.506. The van der Waals surface area contributed by atoms with Gasteiger partial charge in [-0.1, -0.05) is 37.0 Å². The van der Waals surface area contributed by atoms with Gasteiger partial charge in [0.05, 0.1) is 21.6 Å². The SMILES string of the molecule is CC(C)C(NC(=O)c1ccc(Cl)cc1Cl)C(=O)Nc1ccc2[nH]c(=O)[nH]c2c1. The Balaban J connectivity index is 1.77. The van der Waals surface area contributed by atoms with Crippen molar-refractivity contribution in [3.8, 4) is 0 Å². The van der Waals surface area contributed by atoms with Crippen molar-refractivity contribution < 1.29 is 9.59 Å². The number of carbonyl (C=O) groups is 2. The second kappa shape index (κ2) is 8.08. The molecule has 1 atom stereocenters. The number of hydrogen-bond acceptors (Lipinski definition) is 3. The topological polar surface area (TPSA) is 107 Å². The Morgan fingerprint density at radius 1 is 1.00 bits per heavy atom. The lowest BCUT2D eigenvalue weighted by molar-refractivity contribution is -0.118. The smallest absolute Gasteiger partial charge is 0.323 e. The fourth-order valence-electron chi connectivity index (χ4n) is 2.76. The summed E-state index contributed by atoms with van der Waals surface area (Å²) >= 11 is 11.9. The van der Waals surface area contributed by atoms with E-state index in [4.69, 9.17) is 23.2 Å². The van der Waals surface area contributed by atoms with Crippen LogP contribution in [0.4, 0.5) is 5.69 Å². The van der Waals surface area contributed by atoms with E-state index in [1.807, 2.05) is 13.8 Å². The van der Waals surface area contributed by atoms with E-state index in [0.717, 1.165) is 0 Å². The fourth-order valence-corrected chi connectivity index (χ4v) is 3.25. The number of amides is 2. The molecule has 0 aliphatic carbocycles. The lowest BCUT2D eigenvalue weighted by Gasteiger charge is -2.22. The average molecular weight is 421 g/mol. The molecule has 2 aromatic carbocycles. The van der Waals surface area contributed by atoms with Gasteiger partial charge in [0.2, 0.25) is 5.91 Å². The molecule has 28 heavy (non-hydrogen) atoms. The monoisotopic (exact) mass is 420 g/mol. The zero-order valence-electron chi connectivity index (χ0n) is 15.1. The van der Waals surface area contributed by atoms with Crippen LogP contribution in [-0.4, -0.2) is 27.8 Å². The minimum Gasteiger partial charge on any atom is -0.340 e. The van der Waals surface area contributed by atoms with Gasteiger partial charge >= 0.3 is 5.69 Å². The highest BCUT2D eigenvalue weighted by Gasteiger charge is 2.25. The third kappa shape index (κ3) is 4.37. The number of halogens is 2. The van der Waals surface area contributed by atoms with Crippen LogP contribution >= 0.6 is 23.2 Å². The number of fused-ring (bicyclic) bond motifs is 1. The lowest BCUT2D eigenvalue weighted by atomic mass is 10.0. The van der Waals surface area contributed by atoms with E-state index in [2.05, 4.69) is 20.6 Å². The second-order valence-electron chi connectivity index (χ2n) is 6.65. The standard InChI is InChI=1S/C19H18Cl2N4O3/c1-9(2)16(25-17(26)12-5-3-10(20)7-13(12)21)18(27)22-11-4-6-14-15(8-11)24-19(28)23-14/h3-9,16H,1-2H3,(H,22,27)(H,25,26)(H2,23,24,28). The number of nitrogens with one attached hydrogen (secondary N) is 4. The van der Waals surface area contributed by atoms with Crippen LogP contribution in [0.5, 0.6) is 0 Å². The summed E-state index contributed by atoms with van der Waals surface area (Å²) in [5, 5.41) is 6.09. The lowest BCUT2D eigenvalue weighted by Crippen LogP contribution is -2.47. The number of imidazole rings is 1. The first-order chi connectivity index (χ1) is 13.2. The predicted octanol–water partition coefficient (Wildman–Crippen LogP) is 3.56. The minimum absolute atomic E-state index is 0.175. The Morgan fingerprint density at radius 2 is 1.71 bits per heavy atom. The van der Waals surface area contributed by atoms with E-state index in [-0.39, 0.29) is 28.1 Å². The first-order valence-corrected chi connectivity index (χ1v) is 9.29. The van der Waals surface area contributed by atoms with E-state index in [1.54, 1.807) is 24.3 Å². The van der Waals surface area contributed by atoms with Crippen LogP contribution in [0.2, 0.25) is 10.0 Å². The Labute approximate surface area is 170 Å². The molecule has 146 valence electrons. The molecule has 0 spiro atoms. The number of rotatable bonds is 5. The van der Waals surface area contributed by atoms with Gasteiger partial charge in [-0.05, 0) is 42.3 Å². The van der Waals surface area contributed by atoms with E-state index < -0.39 is 11.9 Å². The van der Waals surface area contributed by atoms with E-state index >= 15 is 0 Å². The molecule has 0 fully saturated rings. The van der Waals surface area contributed by atoms with Crippen LogP contribution in [0.25, 0.3) is 11.0 Å². The molecular formula is C19H18Cl2N4O3. The van der Waals surface area contributed by atoms with Crippen molar-refractivity contribution in [1.29, 1.82) is 0 Å². The Kier molecular flexibility index (Phi) is 5.76. The number of benzene rings is 2. The van der Waals surface area contributed by atoms with Crippen molar-refractivity contribution in [3.05, 3.63) is 62.5 Å². The maximum atomic E-state index is 12.7.